The maximum atomic E-state index is 13.5. The highest BCUT2D eigenvalue weighted by Crippen LogP contribution is 2.45. The van der Waals surface area contributed by atoms with Crippen LogP contribution in [-0.2, 0) is 14.3 Å². The quantitative estimate of drug-likeness (QED) is 0.197. The highest BCUT2D eigenvalue weighted by Gasteiger charge is 2.48. The minimum Gasteiger partial charge on any atom is -0.507 e. The number of anilines is 1. The van der Waals surface area contributed by atoms with E-state index in [1.165, 1.54) is 4.90 Å². The van der Waals surface area contributed by atoms with Crippen molar-refractivity contribution in [1.82, 2.24) is 4.98 Å². The number of ketones is 1. The van der Waals surface area contributed by atoms with Crippen molar-refractivity contribution in [1.29, 1.82) is 0 Å². The molecule has 1 atom stereocenters. The van der Waals surface area contributed by atoms with E-state index >= 15 is 0 Å². The van der Waals surface area contributed by atoms with E-state index in [1.54, 1.807) is 56.3 Å². The Kier molecular flexibility index (Phi) is 7.25. The zero-order valence-electron chi connectivity index (χ0n) is 21.6. The molecule has 202 valence electrons. The number of benzene rings is 2. The molecule has 2 aliphatic heterocycles. The van der Waals surface area contributed by atoms with Crippen LogP contribution in [0.3, 0.4) is 0 Å². The number of hydrogen-bond donors (Lipinski definition) is 1. The Balaban J connectivity index is 1.65. The number of Topliss-reactive ketones (excluding diaryl/α,β-unsaturated/α-hetero) is 1. The number of amides is 1. The van der Waals surface area contributed by atoms with Crippen LogP contribution < -0.4 is 19.1 Å². The Labute approximate surface area is 228 Å². The van der Waals surface area contributed by atoms with Gasteiger partial charge in [0.15, 0.2) is 16.6 Å². The van der Waals surface area contributed by atoms with Gasteiger partial charge in [-0.2, -0.15) is 0 Å². The van der Waals surface area contributed by atoms with Crippen LogP contribution in [0.25, 0.3) is 5.76 Å². The standard InChI is InChI=1S/C28H26N2O8S/c1-4-35-18-9-6-16(7-10-18)22-21(23(31)17-8-11-19-20(14-17)38-13-12-37-19)24(32)26(33)30(22)28-29-15(3)25(39-28)27(34)36-5-2/h6-11,14,22,31H,4-5,12-13H2,1-3H3. The summed E-state index contributed by atoms with van der Waals surface area (Å²) in [4.78, 5) is 45.3. The first-order valence-corrected chi connectivity index (χ1v) is 13.2. The highest BCUT2D eigenvalue weighted by atomic mass is 32.1. The molecule has 1 aromatic heterocycles. The van der Waals surface area contributed by atoms with Gasteiger partial charge in [0.1, 0.15) is 29.6 Å². The topological polar surface area (TPSA) is 124 Å². The van der Waals surface area contributed by atoms with E-state index in [1.807, 2.05) is 6.92 Å². The van der Waals surface area contributed by atoms with Gasteiger partial charge in [-0.25, -0.2) is 9.78 Å². The van der Waals surface area contributed by atoms with Crippen molar-refractivity contribution in [3.05, 3.63) is 69.7 Å². The van der Waals surface area contributed by atoms with Gasteiger partial charge < -0.3 is 24.1 Å². The molecule has 1 amide bonds. The number of aliphatic hydroxyl groups excluding tert-OH is 1. The van der Waals surface area contributed by atoms with E-state index in [9.17, 15) is 19.5 Å². The molecule has 3 aromatic rings. The van der Waals surface area contributed by atoms with Gasteiger partial charge in [0.25, 0.3) is 5.78 Å². The van der Waals surface area contributed by atoms with Gasteiger partial charge in [0.05, 0.1) is 30.5 Å². The molecule has 1 unspecified atom stereocenters. The van der Waals surface area contributed by atoms with E-state index in [4.69, 9.17) is 18.9 Å². The Hall–Kier alpha value is -4.38. The lowest BCUT2D eigenvalue weighted by atomic mass is 9.95. The van der Waals surface area contributed by atoms with Gasteiger partial charge in [-0.15, -0.1) is 0 Å². The molecule has 5 rings (SSSR count). The number of carbonyl (C=O) groups is 3. The van der Waals surface area contributed by atoms with Crippen LogP contribution in [0.15, 0.2) is 48.0 Å². The summed E-state index contributed by atoms with van der Waals surface area (Å²) in [6.45, 7) is 6.58. The van der Waals surface area contributed by atoms with Gasteiger partial charge in [0.2, 0.25) is 0 Å². The first-order chi connectivity index (χ1) is 18.8. The number of carbonyl (C=O) groups excluding carboxylic acids is 3. The third-order valence-corrected chi connectivity index (χ3v) is 7.36. The average molecular weight is 551 g/mol. The molecule has 0 aliphatic carbocycles. The van der Waals surface area contributed by atoms with Crippen molar-refractivity contribution in [2.24, 2.45) is 0 Å². The summed E-state index contributed by atoms with van der Waals surface area (Å²) in [6.07, 6.45) is 0. The molecule has 39 heavy (non-hydrogen) atoms. The van der Waals surface area contributed by atoms with Gasteiger partial charge >= 0.3 is 11.9 Å². The fraction of sp³-hybridized carbons (Fsp3) is 0.286. The van der Waals surface area contributed by atoms with Crippen LogP contribution in [0.4, 0.5) is 5.13 Å². The number of aryl methyl sites for hydroxylation is 1. The largest absolute Gasteiger partial charge is 0.507 e. The first kappa shape index (κ1) is 26.2. The smallest absolute Gasteiger partial charge is 0.350 e. The molecule has 0 bridgehead atoms. The molecule has 0 saturated carbocycles. The van der Waals surface area contributed by atoms with E-state index in [0.29, 0.717) is 48.3 Å². The Morgan fingerprint density at radius 1 is 1.08 bits per heavy atom. The van der Waals surface area contributed by atoms with Crippen molar-refractivity contribution in [3.8, 4) is 17.2 Å². The second kappa shape index (κ2) is 10.8. The minimum atomic E-state index is -1.02. The summed E-state index contributed by atoms with van der Waals surface area (Å²) in [7, 11) is 0. The molecule has 2 aliphatic rings. The predicted octanol–water partition coefficient (Wildman–Crippen LogP) is 4.42. The molecule has 0 radical (unpaired) electrons. The zero-order valence-corrected chi connectivity index (χ0v) is 22.4. The molecular formula is C28H26N2O8S. The van der Waals surface area contributed by atoms with Crippen LogP contribution in [0.5, 0.6) is 17.2 Å². The summed E-state index contributed by atoms with van der Waals surface area (Å²) in [5.74, 6) is -1.14. The lowest BCUT2D eigenvalue weighted by Gasteiger charge is -2.23. The number of fused-ring (bicyclic) bond motifs is 1. The fourth-order valence-electron chi connectivity index (χ4n) is 4.48. The second-order valence-electron chi connectivity index (χ2n) is 8.66. The predicted molar refractivity (Wildman–Crippen MR) is 143 cm³/mol. The van der Waals surface area contributed by atoms with Crippen LogP contribution >= 0.6 is 11.3 Å². The maximum absolute atomic E-state index is 13.5. The minimum absolute atomic E-state index is 0.119. The summed E-state index contributed by atoms with van der Waals surface area (Å²) >= 11 is 0.950. The number of ether oxygens (including phenoxy) is 4. The fourth-order valence-corrected chi connectivity index (χ4v) is 5.46. The van der Waals surface area contributed by atoms with Gasteiger partial charge in [-0.05, 0) is 56.7 Å². The van der Waals surface area contributed by atoms with E-state index < -0.39 is 23.7 Å². The van der Waals surface area contributed by atoms with Crippen LogP contribution in [-0.4, -0.2) is 54.2 Å². The number of hydrogen-bond acceptors (Lipinski definition) is 10. The number of rotatable bonds is 7. The van der Waals surface area contributed by atoms with E-state index in [0.717, 1.165) is 11.3 Å². The lowest BCUT2D eigenvalue weighted by Crippen LogP contribution is -2.29. The van der Waals surface area contributed by atoms with Gasteiger partial charge in [0, 0.05) is 5.56 Å². The molecule has 1 fully saturated rings. The number of thiazole rings is 1. The van der Waals surface area contributed by atoms with Crippen molar-refractivity contribution in [2.45, 2.75) is 26.8 Å². The van der Waals surface area contributed by atoms with Crippen molar-refractivity contribution in [3.63, 3.8) is 0 Å². The molecular weight excluding hydrogens is 524 g/mol. The summed E-state index contributed by atoms with van der Waals surface area (Å²) in [5.41, 5.74) is 1.08. The molecule has 1 N–H and O–H groups in total. The van der Waals surface area contributed by atoms with Crippen LogP contribution in [0.2, 0.25) is 0 Å². The lowest BCUT2D eigenvalue weighted by molar-refractivity contribution is -0.132. The highest BCUT2D eigenvalue weighted by molar-refractivity contribution is 7.17. The third kappa shape index (κ3) is 4.81. The molecule has 1 saturated heterocycles. The molecule has 2 aromatic carbocycles. The molecule has 10 nitrogen and oxygen atoms in total. The summed E-state index contributed by atoms with van der Waals surface area (Å²) in [6, 6.07) is 10.7. The van der Waals surface area contributed by atoms with Gasteiger partial charge in [-0.1, -0.05) is 23.5 Å². The Morgan fingerprint density at radius 3 is 2.49 bits per heavy atom. The van der Waals surface area contributed by atoms with Crippen molar-refractivity contribution in [2.75, 3.05) is 31.3 Å². The maximum Gasteiger partial charge on any atom is 0.350 e. The number of aliphatic hydroxyl groups is 1. The Bertz CT molecular complexity index is 1480. The normalized spacial score (nSPS) is 17.8. The average Bonchev–Trinajstić information content (AvgIpc) is 3.45. The first-order valence-electron chi connectivity index (χ1n) is 12.4. The number of nitrogens with zero attached hydrogens (tertiary/aromatic N) is 2. The van der Waals surface area contributed by atoms with Crippen LogP contribution in [0.1, 0.15) is 46.4 Å². The molecule has 3 heterocycles. The Morgan fingerprint density at radius 2 is 1.79 bits per heavy atom. The van der Waals surface area contributed by atoms with E-state index in [2.05, 4.69) is 4.98 Å². The summed E-state index contributed by atoms with van der Waals surface area (Å²) < 4.78 is 21.9. The van der Waals surface area contributed by atoms with Crippen molar-refractivity contribution >= 4 is 39.9 Å². The van der Waals surface area contributed by atoms with Crippen molar-refractivity contribution < 1.29 is 38.4 Å². The second-order valence-corrected chi connectivity index (χ2v) is 9.64. The molecule has 0 spiro atoms. The number of esters is 1. The zero-order chi connectivity index (χ0) is 27.7. The number of aromatic nitrogens is 1. The monoisotopic (exact) mass is 550 g/mol. The molecule has 11 heteroatoms. The van der Waals surface area contributed by atoms with E-state index in [-0.39, 0.29) is 33.5 Å². The van der Waals surface area contributed by atoms with Crippen LogP contribution in [0, 0.1) is 6.92 Å². The van der Waals surface area contributed by atoms with Gasteiger partial charge in [-0.3, -0.25) is 14.5 Å². The summed E-state index contributed by atoms with van der Waals surface area (Å²) in [5, 5.41) is 11.6. The third-order valence-electron chi connectivity index (χ3n) is 6.22. The SMILES string of the molecule is CCOC(=O)c1sc(N2C(=O)C(=O)C(=C(O)c3ccc4c(c3)OCCO4)C2c2ccc(OCC)cc2)nc1C.